The summed E-state index contributed by atoms with van der Waals surface area (Å²) in [7, 11) is 10.6. The van der Waals surface area contributed by atoms with Crippen LogP contribution in [0, 0.1) is 0 Å². The van der Waals surface area contributed by atoms with E-state index in [-0.39, 0.29) is 5.78 Å². The number of unbranched alkanes of at least 4 members (excludes halogenated alkanes) is 24. The third-order valence-electron chi connectivity index (χ3n) is 9.53. The fraction of sp³-hybridized carbons (Fsp3) is 0.902. The van der Waals surface area contributed by atoms with E-state index in [2.05, 4.69) is 68.5 Å². The lowest BCUT2D eigenvalue weighted by Crippen LogP contribution is -2.55. The van der Waals surface area contributed by atoms with Crippen LogP contribution in [-0.4, -0.2) is 42.1 Å². The van der Waals surface area contributed by atoms with E-state index < -0.39 is 5.60 Å². The molecular formula is C41H82NOP. The molecule has 262 valence electrons. The molecule has 0 aliphatic heterocycles. The van der Waals surface area contributed by atoms with Crippen molar-refractivity contribution in [2.45, 2.75) is 218 Å². The Balaban J connectivity index is 3.94. The number of nitrogens with zero attached hydrogens (tertiary/aromatic N) is 1. The molecule has 0 saturated heterocycles. The molecule has 0 aromatic rings. The SMILES string of the molecule is CCCCCCCC/C=C\CCCCCCCCC(O)(CCCCCCCC/C=C\CCCCCCCC)C([PH-])[N+](C)(C)C. The number of aliphatic hydroxyl groups is 1. The van der Waals surface area contributed by atoms with E-state index in [0.29, 0.717) is 0 Å². The Bertz CT molecular complexity index is 595. The van der Waals surface area contributed by atoms with E-state index in [9.17, 15) is 5.11 Å². The number of likely N-dealkylation sites (N-methyl/N-ethyl adjacent to an activating group) is 1. The van der Waals surface area contributed by atoms with Crippen LogP contribution in [0.15, 0.2) is 24.3 Å². The average molecular weight is 636 g/mol. The maximum Gasteiger partial charge on any atom is 0.0878 e. The van der Waals surface area contributed by atoms with Gasteiger partial charge in [-0.15, -0.1) is 0 Å². The summed E-state index contributed by atoms with van der Waals surface area (Å²) in [5.74, 6) is 0.0776. The van der Waals surface area contributed by atoms with Crippen LogP contribution in [0.3, 0.4) is 0 Å². The molecule has 0 amide bonds. The molecule has 0 heterocycles. The second-order valence-corrected chi connectivity index (χ2v) is 15.5. The van der Waals surface area contributed by atoms with Crippen LogP contribution in [0.1, 0.15) is 206 Å². The number of quaternary nitrogens is 1. The Hall–Kier alpha value is -0.170. The second kappa shape index (κ2) is 31.4. The van der Waals surface area contributed by atoms with Gasteiger partial charge in [0.05, 0.1) is 26.7 Å². The monoisotopic (exact) mass is 636 g/mol. The largest absolute Gasteiger partial charge is 0.489 e. The van der Waals surface area contributed by atoms with E-state index >= 15 is 0 Å². The molecule has 0 saturated carbocycles. The van der Waals surface area contributed by atoms with Gasteiger partial charge in [-0.3, -0.25) is 0 Å². The van der Waals surface area contributed by atoms with Gasteiger partial charge in [0.15, 0.2) is 0 Å². The zero-order chi connectivity index (χ0) is 32.6. The topological polar surface area (TPSA) is 20.2 Å². The third kappa shape index (κ3) is 28.1. The summed E-state index contributed by atoms with van der Waals surface area (Å²) in [4.78, 5) is 0. The van der Waals surface area contributed by atoms with Gasteiger partial charge in [0.2, 0.25) is 0 Å². The predicted octanol–water partition coefficient (Wildman–Crippen LogP) is 13.7. The first kappa shape index (κ1) is 43.8. The fourth-order valence-corrected chi connectivity index (χ4v) is 6.77. The molecule has 3 heteroatoms. The Kier molecular flexibility index (Phi) is 31.3. The Morgan fingerprint density at radius 1 is 0.455 bits per heavy atom. The molecule has 0 radical (unpaired) electrons. The van der Waals surface area contributed by atoms with Crippen molar-refractivity contribution in [2.75, 3.05) is 21.1 Å². The van der Waals surface area contributed by atoms with E-state index in [4.69, 9.17) is 0 Å². The van der Waals surface area contributed by atoms with Crippen molar-refractivity contribution in [3.63, 3.8) is 0 Å². The van der Waals surface area contributed by atoms with Crippen molar-refractivity contribution in [3.05, 3.63) is 24.3 Å². The van der Waals surface area contributed by atoms with Crippen molar-refractivity contribution >= 4 is 9.24 Å². The molecule has 0 rings (SSSR count). The molecule has 0 aliphatic rings. The molecule has 2 nitrogen and oxygen atoms in total. The molecule has 0 bridgehead atoms. The lowest BCUT2D eigenvalue weighted by molar-refractivity contribution is -0.888. The quantitative estimate of drug-likeness (QED) is 0.0323. The molecule has 1 atom stereocenters. The maximum absolute atomic E-state index is 11.8. The van der Waals surface area contributed by atoms with Gasteiger partial charge in [0, 0.05) is 0 Å². The highest BCUT2D eigenvalue weighted by Gasteiger charge is 2.35. The van der Waals surface area contributed by atoms with Crippen LogP contribution < -0.4 is 0 Å². The lowest BCUT2D eigenvalue weighted by Gasteiger charge is -2.49. The van der Waals surface area contributed by atoms with Crippen LogP contribution in [0.5, 0.6) is 0 Å². The summed E-state index contributed by atoms with van der Waals surface area (Å²) in [6.07, 6.45) is 48.7. The number of hydrogen-bond acceptors (Lipinski definition) is 1. The lowest BCUT2D eigenvalue weighted by atomic mass is 9.88. The maximum atomic E-state index is 11.8. The van der Waals surface area contributed by atoms with Crippen molar-refractivity contribution < 1.29 is 9.59 Å². The van der Waals surface area contributed by atoms with Crippen LogP contribution in [-0.2, 0) is 0 Å². The van der Waals surface area contributed by atoms with Gasteiger partial charge in [-0.2, -0.15) is 0 Å². The highest BCUT2D eigenvalue weighted by Crippen LogP contribution is 2.34. The number of hydrogen-bond donors (Lipinski definition) is 1. The zero-order valence-electron chi connectivity index (χ0n) is 31.0. The van der Waals surface area contributed by atoms with Crippen molar-refractivity contribution in [1.29, 1.82) is 0 Å². The summed E-state index contributed by atoms with van der Waals surface area (Å²) in [6.45, 7) is 4.58. The van der Waals surface area contributed by atoms with Gasteiger partial charge in [-0.05, 0) is 70.0 Å². The molecule has 0 aromatic heterocycles. The molecule has 1 unspecified atom stereocenters. The molecule has 1 N–H and O–H groups in total. The first-order valence-electron chi connectivity index (χ1n) is 19.8. The number of allylic oxidation sites excluding steroid dienone is 4. The van der Waals surface area contributed by atoms with Gasteiger partial charge < -0.3 is 18.8 Å². The summed E-state index contributed by atoms with van der Waals surface area (Å²) in [5, 5.41) is 11.8. The van der Waals surface area contributed by atoms with Crippen molar-refractivity contribution in [2.24, 2.45) is 0 Å². The van der Waals surface area contributed by atoms with E-state index in [1.165, 1.54) is 167 Å². The highest BCUT2D eigenvalue weighted by atomic mass is 31.0. The van der Waals surface area contributed by atoms with Crippen LogP contribution in [0.25, 0.3) is 0 Å². The van der Waals surface area contributed by atoms with Crippen LogP contribution >= 0.6 is 9.24 Å². The third-order valence-corrected chi connectivity index (χ3v) is 10.8. The van der Waals surface area contributed by atoms with Gasteiger partial charge >= 0.3 is 0 Å². The standard InChI is InChI=1S/C41H82NOP/c1-6-8-10-12-14-16-18-20-22-24-26-28-30-32-34-36-38-41(43,40(44)42(3,4)5)39-37-35-33-31-29-27-25-23-21-19-17-15-13-11-9-7-2/h20-23,40,43-44H,6-19,24-39H2,1-5H3/b22-20-,23-21-. The first-order valence-corrected chi connectivity index (χ1v) is 20.4. The van der Waals surface area contributed by atoms with Gasteiger partial charge in [-0.25, -0.2) is 0 Å². The predicted molar refractivity (Wildman–Crippen MR) is 203 cm³/mol. The summed E-state index contributed by atoms with van der Waals surface area (Å²) in [6, 6.07) is 0. The van der Waals surface area contributed by atoms with E-state index in [1.54, 1.807) is 0 Å². The Morgan fingerprint density at radius 3 is 0.977 bits per heavy atom. The molecular weight excluding hydrogens is 553 g/mol. The molecule has 44 heavy (non-hydrogen) atoms. The van der Waals surface area contributed by atoms with Gasteiger partial charge in [0.1, 0.15) is 0 Å². The smallest absolute Gasteiger partial charge is 0.0878 e. The first-order chi connectivity index (χ1) is 21.3. The van der Waals surface area contributed by atoms with Gasteiger partial charge in [0.25, 0.3) is 0 Å². The number of rotatable bonds is 34. The van der Waals surface area contributed by atoms with E-state index in [0.717, 1.165) is 30.2 Å². The normalized spacial score (nSPS) is 13.5. The average Bonchev–Trinajstić information content (AvgIpc) is 2.99. The highest BCUT2D eigenvalue weighted by molar-refractivity contribution is 7.17. The van der Waals surface area contributed by atoms with Crippen LogP contribution in [0.4, 0.5) is 0 Å². The minimum absolute atomic E-state index is 0.0776. The minimum Gasteiger partial charge on any atom is -0.489 e. The molecule has 0 fully saturated rings. The van der Waals surface area contributed by atoms with Crippen LogP contribution in [0.2, 0.25) is 0 Å². The van der Waals surface area contributed by atoms with E-state index in [1.807, 2.05) is 0 Å². The summed E-state index contributed by atoms with van der Waals surface area (Å²) >= 11 is 0. The Morgan fingerprint density at radius 2 is 0.705 bits per heavy atom. The molecule has 0 spiro atoms. The minimum atomic E-state index is -0.614. The van der Waals surface area contributed by atoms with Gasteiger partial charge in [-0.1, -0.05) is 167 Å². The summed E-state index contributed by atoms with van der Waals surface area (Å²) in [5.41, 5.74) is -0.614. The van der Waals surface area contributed by atoms with Crippen molar-refractivity contribution in [3.8, 4) is 0 Å². The zero-order valence-corrected chi connectivity index (χ0v) is 32.0. The Labute approximate surface area is 281 Å². The fourth-order valence-electron chi connectivity index (χ4n) is 6.48. The summed E-state index contributed by atoms with van der Waals surface area (Å²) < 4.78 is 0.756. The molecule has 0 aromatic carbocycles. The molecule has 0 aliphatic carbocycles. The second-order valence-electron chi connectivity index (χ2n) is 15.0. The van der Waals surface area contributed by atoms with Crippen molar-refractivity contribution in [1.82, 2.24) is 0 Å².